The quantitative estimate of drug-likeness (QED) is 0.670. The van der Waals surface area contributed by atoms with Gasteiger partial charge < -0.3 is 10.1 Å². The Labute approximate surface area is 171 Å². The molecule has 1 amide bonds. The van der Waals surface area contributed by atoms with Crippen LogP contribution in [0.2, 0.25) is 0 Å². The SMILES string of the molecule is Cc1cc(C)n2nc(CC(=O)NC3(c4cccc(Br)c4)CCOCC3)nc2n1. The molecule has 1 N–H and O–H groups in total. The van der Waals surface area contributed by atoms with Crippen LogP contribution in [0.1, 0.15) is 35.6 Å². The van der Waals surface area contributed by atoms with Crippen molar-refractivity contribution in [3.63, 3.8) is 0 Å². The Balaban J connectivity index is 1.57. The van der Waals surface area contributed by atoms with Crippen LogP contribution in [-0.4, -0.2) is 38.7 Å². The molecule has 0 saturated carbocycles. The number of aryl methyl sites for hydroxylation is 2. The third kappa shape index (κ3) is 3.79. The van der Waals surface area contributed by atoms with Gasteiger partial charge in [-0.2, -0.15) is 4.98 Å². The standard InChI is InChI=1S/C20H22BrN5O2/c1-13-10-14(2)26-19(22-13)23-17(25-26)12-18(27)24-20(6-8-28-9-7-20)15-4-3-5-16(21)11-15/h3-5,10-11H,6-9,12H2,1-2H3,(H,24,27). The van der Waals surface area contributed by atoms with Gasteiger partial charge in [0, 0.05) is 29.1 Å². The van der Waals surface area contributed by atoms with Crippen LogP contribution in [0.25, 0.3) is 5.78 Å². The number of fused-ring (bicyclic) bond motifs is 1. The minimum Gasteiger partial charge on any atom is -0.381 e. The highest BCUT2D eigenvalue weighted by molar-refractivity contribution is 9.10. The Morgan fingerprint density at radius 3 is 2.79 bits per heavy atom. The molecule has 0 bridgehead atoms. The summed E-state index contributed by atoms with van der Waals surface area (Å²) in [5.41, 5.74) is 2.46. The van der Waals surface area contributed by atoms with Crippen LogP contribution in [0.4, 0.5) is 0 Å². The van der Waals surface area contributed by atoms with Crippen molar-refractivity contribution in [3.8, 4) is 0 Å². The molecule has 1 saturated heterocycles. The first-order chi connectivity index (χ1) is 13.4. The largest absolute Gasteiger partial charge is 0.381 e. The third-order valence-corrected chi connectivity index (χ3v) is 5.58. The van der Waals surface area contributed by atoms with Crippen molar-refractivity contribution in [2.24, 2.45) is 0 Å². The fourth-order valence-corrected chi connectivity index (χ4v) is 4.13. The number of ether oxygens (including phenoxy) is 1. The number of carbonyl (C=O) groups excluding carboxylic acids is 1. The lowest BCUT2D eigenvalue weighted by Crippen LogP contribution is -2.50. The van der Waals surface area contributed by atoms with Crippen LogP contribution in [0.15, 0.2) is 34.8 Å². The Bertz CT molecular complexity index is 1030. The van der Waals surface area contributed by atoms with Gasteiger partial charge in [-0.05, 0) is 50.5 Å². The van der Waals surface area contributed by atoms with Crippen LogP contribution in [0.3, 0.4) is 0 Å². The zero-order chi connectivity index (χ0) is 19.7. The normalized spacial score (nSPS) is 16.2. The second kappa shape index (κ2) is 7.60. The summed E-state index contributed by atoms with van der Waals surface area (Å²) in [5, 5.41) is 7.69. The van der Waals surface area contributed by atoms with Crippen molar-refractivity contribution in [1.82, 2.24) is 24.9 Å². The highest BCUT2D eigenvalue weighted by Crippen LogP contribution is 2.33. The molecular weight excluding hydrogens is 422 g/mol. The number of rotatable bonds is 4. The van der Waals surface area contributed by atoms with Gasteiger partial charge in [0.25, 0.3) is 5.78 Å². The molecule has 4 rings (SSSR count). The fourth-order valence-electron chi connectivity index (χ4n) is 3.73. The molecule has 1 aliphatic rings. The van der Waals surface area contributed by atoms with Gasteiger partial charge in [-0.1, -0.05) is 28.1 Å². The van der Waals surface area contributed by atoms with Gasteiger partial charge >= 0.3 is 0 Å². The minimum absolute atomic E-state index is 0.104. The first kappa shape index (κ1) is 19.0. The topological polar surface area (TPSA) is 81.4 Å². The summed E-state index contributed by atoms with van der Waals surface area (Å²) in [5.74, 6) is 0.885. The fraction of sp³-hybridized carbons (Fsp3) is 0.400. The lowest BCUT2D eigenvalue weighted by molar-refractivity contribution is -0.124. The molecule has 8 heteroatoms. The molecule has 28 heavy (non-hydrogen) atoms. The van der Waals surface area contributed by atoms with E-state index in [1.165, 1.54) is 0 Å². The molecule has 1 fully saturated rings. The van der Waals surface area contributed by atoms with Crippen LogP contribution in [-0.2, 0) is 21.5 Å². The molecule has 0 aliphatic carbocycles. The highest BCUT2D eigenvalue weighted by atomic mass is 79.9. The lowest BCUT2D eigenvalue weighted by atomic mass is 9.82. The summed E-state index contributed by atoms with van der Waals surface area (Å²) >= 11 is 3.53. The number of aromatic nitrogens is 4. The molecule has 146 valence electrons. The highest BCUT2D eigenvalue weighted by Gasteiger charge is 2.36. The lowest BCUT2D eigenvalue weighted by Gasteiger charge is -2.38. The molecule has 1 aromatic carbocycles. The van der Waals surface area contributed by atoms with Crippen LogP contribution in [0.5, 0.6) is 0 Å². The van der Waals surface area contributed by atoms with Crippen molar-refractivity contribution in [1.29, 1.82) is 0 Å². The first-order valence-corrected chi connectivity index (χ1v) is 10.1. The Morgan fingerprint density at radius 1 is 1.25 bits per heavy atom. The van der Waals surface area contributed by atoms with Crippen LogP contribution in [0, 0.1) is 13.8 Å². The van der Waals surface area contributed by atoms with E-state index in [2.05, 4.69) is 48.4 Å². The predicted octanol–water partition coefficient (Wildman–Crippen LogP) is 2.87. The number of hydrogen-bond donors (Lipinski definition) is 1. The molecule has 7 nitrogen and oxygen atoms in total. The zero-order valence-corrected chi connectivity index (χ0v) is 17.5. The van der Waals surface area contributed by atoms with Gasteiger partial charge in [0.05, 0.1) is 12.0 Å². The number of carbonyl (C=O) groups is 1. The van der Waals surface area contributed by atoms with Gasteiger partial charge in [0.2, 0.25) is 5.91 Å². The van der Waals surface area contributed by atoms with Crippen molar-refractivity contribution in [2.75, 3.05) is 13.2 Å². The van der Waals surface area contributed by atoms with E-state index in [9.17, 15) is 4.79 Å². The molecule has 0 radical (unpaired) electrons. The number of nitrogens with one attached hydrogen (secondary N) is 1. The second-order valence-electron chi connectivity index (χ2n) is 7.21. The third-order valence-electron chi connectivity index (χ3n) is 5.08. The predicted molar refractivity (Wildman–Crippen MR) is 108 cm³/mol. The Kier molecular flexibility index (Phi) is 5.16. The van der Waals surface area contributed by atoms with Gasteiger partial charge in [-0.15, -0.1) is 5.10 Å². The summed E-state index contributed by atoms with van der Waals surface area (Å²) in [4.78, 5) is 21.7. The molecule has 3 aromatic rings. The average Bonchev–Trinajstić information content (AvgIpc) is 3.05. The smallest absolute Gasteiger partial charge is 0.252 e. The summed E-state index contributed by atoms with van der Waals surface area (Å²) in [6.07, 6.45) is 1.57. The summed E-state index contributed by atoms with van der Waals surface area (Å²) in [7, 11) is 0. The maximum Gasteiger partial charge on any atom is 0.252 e. The van der Waals surface area contributed by atoms with Gasteiger partial charge in [0.1, 0.15) is 0 Å². The summed E-state index contributed by atoms with van der Waals surface area (Å²) < 4.78 is 8.21. The van der Waals surface area contributed by atoms with Gasteiger partial charge in [-0.25, -0.2) is 9.50 Å². The van der Waals surface area contributed by atoms with Gasteiger partial charge in [-0.3, -0.25) is 4.79 Å². The molecule has 1 aliphatic heterocycles. The van der Waals surface area contributed by atoms with Crippen LogP contribution >= 0.6 is 15.9 Å². The second-order valence-corrected chi connectivity index (χ2v) is 8.12. The molecule has 0 unspecified atom stereocenters. The van der Waals surface area contributed by atoms with Crippen molar-refractivity contribution < 1.29 is 9.53 Å². The number of amides is 1. The van der Waals surface area contributed by atoms with Crippen LogP contribution < -0.4 is 5.32 Å². The van der Waals surface area contributed by atoms with E-state index < -0.39 is 5.54 Å². The average molecular weight is 444 g/mol. The first-order valence-electron chi connectivity index (χ1n) is 9.30. The summed E-state index contributed by atoms with van der Waals surface area (Å²) in [6, 6.07) is 10.0. The monoisotopic (exact) mass is 443 g/mol. The van der Waals surface area contributed by atoms with Crippen molar-refractivity contribution in [2.45, 2.75) is 38.6 Å². The molecule has 0 atom stereocenters. The minimum atomic E-state index is -0.441. The van der Waals surface area contributed by atoms with E-state index in [4.69, 9.17) is 4.74 Å². The molecule has 3 heterocycles. The van der Waals surface area contributed by atoms with E-state index in [-0.39, 0.29) is 12.3 Å². The summed E-state index contributed by atoms with van der Waals surface area (Å²) in [6.45, 7) is 5.09. The maximum atomic E-state index is 12.9. The molecular formula is C20H22BrN5O2. The van der Waals surface area contributed by atoms with E-state index >= 15 is 0 Å². The van der Waals surface area contributed by atoms with Crippen molar-refractivity contribution in [3.05, 3.63) is 57.6 Å². The van der Waals surface area contributed by atoms with E-state index in [1.54, 1.807) is 4.52 Å². The van der Waals surface area contributed by atoms with E-state index in [1.807, 2.05) is 32.0 Å². The number of nitrogens with zero attached hydrogens (tertiary/aromatic N) is 4. The Hall–Kier alpha value is -2.32. The number of benzene rings is 1. The number of halogens is 1. The molecule has 0 spiro atoms. The van der Waals surface area contributed by atoms with E-state index in [0.717, 1.165) is 34.3 Å². The number of hydrogen-bond acceptors (Lipinski definition) is 5. The molecule has 2 aromatic heterocycles. The van der Waals surface area contributed by atoms with Crippen molar-refractivity contribution >= 4 is 27.6 Å². The zero-order valence-electron chi connectivity index (χ0n) is 15.9. The van der Waals surface area contributed by atoms with E-state index in [0.29, 0.717) is 24.8 Å². The maximum absolute atomic E-state index is 12.9. The Morgan fingerprint density at radius 2 is 2.04 bits per heavy atom. The van der Waals surface area contributed by atoms with Gasteiger partial charge in [0.15, 0.2) is 5.82 Å².